The number of fused-ring (bicyclic) bond motifs is 5. The average Bonchev–Trinajstić information content (AvgIpc) is 2.88. The number of hydrogen-bond acceptors (Lipinski definition) is 3. The van der Waals surface area contributed by atoms with Crippen LogP contribution in [-0.2, 0) is 4.79 Å². The van der Waals surface area contributed by atoms with Crippen LogP contribution in [0, 0.1) is 40.4 Å². The number of aliphatic hydroxyl groups excluding tert-OH is 2. The third kappa shape index (κ3) is 2.13. The lowest BCUT2D eigenvalue weighted by atomic mass is 9.44. The summed E-state index contributed by atoms with van der Waals surface area (Å²) in [5.41, 5.74) is -0.0607. The van der Waals surface area contributed by atoms with E-state index in [2.05, 4.69) is 13.8 Å². The molecule has 0 unspecified atom stereocenters. The van der Waals surface area contributed by atoms with Gasteiger partial charge in [-0.05, 0) is 86.9 Å². The molecule has 2 N–H and O–H groups in total. The molecule has 3 nitrogen and oxygen atoms in total. The van der Waals surface area contributed by atoms with Gasteiger partial charge in [0.05, 0.1) is 12.2 Å². The van der Waals surface area contributed by atoms with Crippen molar-refractivity contribution in [3.8, 4) is 0 Å². The summed E-state index contributed by atoms with van der Waals surface area (Å²) in [4.78, 5) is 13.3. The standard InChI is InChI=1S/C21H34O3/c1-12(22)16-6-7-17-15-5-4-13-10-14(23)8-9-20(13,2)18(15)11-19(24)21(16,17)3/h12-18,22-23H,4-11H2,1-3H3/t12-,13-,14-,15+,16-,17-,18+,20-,21+/m0/s1. The van der Waals surface area contributed by atoms with Crippen LogP contribution >= 0.6 is 0 Å². The van der Waals surface area contributed by atoms with Crippen molar-refractivity contribution in [2.24, 2.45) is 40.4 Å². The molecule has 0 saturated heterocycles. The molecule has 0 amide bonds. The van der Waals surface area contributed by atoms with Gasteiger partial charge in [-0.1, -0.05) is 13.8 Å². The highest BCUT2D eigenvalue weighted by Gasteiger charge is 2.63. The van der Waals surface area contributed by atoms with E-state index in [4.69, 9.17) is 0 Å². The minimum atomic E-state index is -0.378. The van der Waals surface area contributed by atoms with Crippen LogP contribution < -0.4 is 0 Å². The summed E-state index contributed by atoms with van der Waals surface area (Å²) < 4.78 is 0. The van der Waals surface area contributed by atoms with Gasteiger partial charge >= 0.3 is 0 Å². The third-order valence-corrected chi connectivity index (χ3v) is 9.15. The summed E-state index contributed by atoms with van der Waals surface area (Å²) in [7, 11) is 0. The highest BCUT2D eigenvalue weighted by molar-refractivity contribution is 5.87. The predicted molar refractivity (Wildman–Crippen MR) is 93.3 cm³/mol. The zero-order valence-electron chi connectivity index (χ0n) is 15.5. The molecule has 0 heterocycles. The van der Waals surface area contributed by atoms with E-state index in [1.165, 1.54) is 12.8 Å². The quantitative estimate of drug-likeness (QED) is 0.771. The van der Waals surface area contributed by atoms with Crippen molar-refractivity contribution in [2.75, 3.05) is 0 Å². The van der Waals surface area contributed by atoms with Gasteiger partial charge in [-0.3, -0.25) is 4.79 Å². The van der Waals surface area contributed by atoms with Gasteiger partial charge in [0.2, 0.25) is 0 Å². The summed E-state index contributed by atoms with van der Waals surface area (Å²) >= 11 is 0. The maximum absolute atomic E-state index is 13.3. The van der Waals surface area contributed by atoms with Crippen LogP contribution in [0.15, 0.2) is 0 Å². The summed E-state index contributed by atoms with van der Waals surface area (Å²) in [6.07, 6.45) is 7.68. The molecule has 4 saturated carbocycles. The summed E-state index contributed by atoms with van der Waals surface area (Å²) in [5, 5.41) is 20.4. The fraction of sp³-hybridized carbons (Fsp3) is 0.952. The second-order valence-corrected chi connectivity index (χ2v) is 9.92. The van der Waals surface area contributed by atoms with Crippen LogP contribution in [-0.4, -0.2) is 28.2 Å². The molecule has 0 aromatic heterocycles. The van der Waals surface area contributed by atoms with Gasteiger partial charge in [-0.2, -0.15) is 0 Å². The van der Waals surface area contributed by atoms with Gasteiger partial charge in [0.25, 0.3) is 0 Å². The van der Waals surface area contributed by atoms with E-state index in [0.29, 0.717) is 35.9 Å². The number of rotatable bonds is 1. The molecule has 0 radical (unpaired) electrons. The summed E-state index contributed by atoms with van der Waals surface area (Å²) in [5.74, 6) is 2.77. The molecule has 0 bridgehead atoms. The Morgan fingerprint density at radius 2 is 1.83 bits per heavy atom. The Bertz CT molecular complexity index is 529. The van der Waals surface area contributed by atoms with Gasteiger partial charge < -0.3 is 10.2 Å². The molecule has 0 aromatic rings. The van der Waals surface area contributed by atoms with Crippen molar-refractivity contribution in [3.05, 3.63) is 0 Å². The lowest BCUT2D eigenvalue weighted by molar-refractivity contribution is -0.162. The zero-order chi connectivity index (χ0) is 17.3. The molecule has 3 heteroatoms. The maximum Gasteiger partial charge on any atom is 0.139 e. The van der Waals surface area contributed by atoms with Crippen molar-refractivity contribution < 1.29 is 15.0 Å². The van der Waals surface area contributed by atoms with Crippen molar-refractivity contribution in [1.82, 2.24) is 0 Å². The summed E-state index contributed by atoms with van der Waals surface area (Å²) in [6.45, 7) is 6.45. The van der Waals surface area contributed by atoms with Crippen molar-refractivity contribution >= 4 is 5.78 Å². The average molecular weight is 335 g/mol. The van der Waals surface area contributed by atoms with Gasteiger partial charge in [0, 0.05) is 11.8 Å². The number of carbonyl (C=O) groups excluding carboxylic acids is 1. The van der Waals surface area contributed by atoms with Crippen molar-refractivity contribution in [1.29, 1.82) is 0 Å². The molecule has 0 aliphatic heterocycles. The molecular formula is C21H34O3. The van der Waals surface area contributed by atoms with E-state index in [1.54, 1.807) is 0 Å². The smallest absolute Gasteiger partial charge is 0.139 e. The Morgan fingerprint density at radius 1 is 1.08 bits per heavy atom. The first-order valence-corrected chi connectivity index (χ1v) is 10.2. The Morgan fingerprint density at radius 3 is 2.54 bits per heavy atom. The number of aliphatic hydroxyl groups is 2. The van der Waals surface area contributed by atoms with Crippen molar-refractivity contribution in [2.45, 2.75) is 84.3 Å². The highest BCUT2D eigenvalue weighted by atomic mass is 16.3. The molecule has 0 spiro atoms. The van der Waals surface area contributed by atoms with E-state index in [1.807, 2.05) is 6.92 Å². The first-order valence-electron chi connectivity index (χ1n) is 10.2. The fourth-order valence-electron chi connectivity index (χ4n) is 7.75. The SMILES string of the molecule is C[C@H](O)[C@@H]1CC[C@H]2[C@H]3CC[C@H]4C[C@@H](O)CC[C@]4(C)[C@@H]3CC(=O)[C@@]21C. The van der Waals surface area contributed by atoms with Crippen LogP contribution in [0.3, 0.4) is 0 Å². The largest absolute Gasteiger partial charge is 0.393 e. The van der Waals surface area contributed by atoms with Crippen LogP contribution in [0.5, 0.6) is 0 Å². The molecule has 24 heavy (non-hydrogen) atoms. The minimum Gasteiger partial charge on any atom is -0.393 e. The number of carbonyl (C=O) groups is 1. The van der Waals surface area contributed by atoms with Gasteiger partial charge in [-0.25, -0.2) is 0 Å². The number of Topliss-reactive ketones (excluding diaryl/α,β-unsaturated/α-hetero) is 1. The fourth-order valence-corrected chi connectivity index (χ4v) is 7.75. The van der Waals surface area contributed by atoms with Gasteiger partial charge in [-0.15, -0.1) is 0 Å². The lowest BCUT2D eigenvalue weighted by Crippen LogP contribution is -2.57. The van der Waals surface area contributed by atoms with Crippen LogP contribution in [0.2, 0.25) is 0 Å². The van der Waals surface area contributed by atoms with E-state index in [9.17, 15) is 15.0 Å². The third-order valence-electron chi connectivity index (χ3n) is 9.15. The summed E-state index contributed by atoms with van der Waals surface area (Å²) in [6, 6.07) is 0. The molecule has 9 atom stereocenters. The molecule has 4 rings (SSSR count). The first kappa shape index (κ1) is 17.0. The highest BCUT2D eigenvalue weighted by Crippen LogP contribution is 2.66. The minimum absolute atomic E-state index is 0.129. The van der Waals surface area contributed by atoms with E-state index >= 15 is 0 Å². The predicted octanol–water partition coefficient (Wildman–Crippen LogP) is 3.57. The van der Waals surface area contributed by atoms with Crippen molar-refractivity contribution in [3.63, 3.8) is 0 Å². The Kier molecular flexibility index (Phi) is 3.93. The topological polar surface area (TPSA) is 57.5 Å². The van der Waals surface area contributed by atoms with E-state index in [0.717, 1.165) is 32.1 Å². The normalized spacial score (nSPS) is 55.5. The number of hydrogen-bond donors (Lipinski definition) is 2. The zero-order valence-corrected chi connectivity index (χ0v) is 15.5. The van der Waals surface area contributed by atoms with E-state index in [-0.39, 0.29) is 29.0 Å². The first-order chi connectivity index (χ1) is 11.3. The molecular weight excluding hydrogens is 300 g/mol. The van der Waals surface area contributed by atoms with Gasteiger partial charge in [0.1, 0.15) is 5.78 Å². The van der Waals surface area contributed by atoms with Crippen LogP contribution in [0.25, 0.3) is 0 Å². The monoisotopic (exact) mass is 334 g/mol. The molecule has 4 aliphatic rings. The van der Waals surface area contributed by atoms with E-state index < -0.39 is 0 Å². The number of ketones is 1. The van der Waals surface area contributed by atoms with Crippen LogP contribution in [0.4, 0.5) is 0 Å². The maximum atomic E-state index is 13.3. The van der Waals surface area contributed by atoms with Gasteiger partial charge in [0.15, 0.2) is 0 Å². The molecule has 4 fully saturated rings. The van der Waals surface area contributed by atoms with Crippen LogP contribution in [0.1, 0.15) is 72.1 Å². The molecule has 0 aromatic carbocycles. The molecule has 4 aliphatic carbocycles. The Balaban J connectivity index is 1.67. The molecule has 136 valence electrons. The second-order valence-electron chi connectivity index (χ2n) is 9.92. The Hall–Kier alpha value is -0.410. The second kappa shape index (κ2) is 5.54. The Labute approximate surface area is 146 Å². The lowest BCUT2D eigenvalue weighted by Gasteiger charge is -2.60.